The van der Waals surface area contributed by atoms with Gasteiger partial charge in [0, 0.05) is 38.4 Å². The summed E-state index contributed by atoms with van der Waals surface area (Å²) in [4.78, 5) is 19.5. The first-order valence-electron chi connectivity index (χ1n) is 8.47. The lowest BCUT2D eigenvalue weighted by atomic mass is 10.1. The molecular formula is C16H25BFN3O5. The van der Waals surface area contributed by atoms with Crippen LogP contribution >= 0.6 is 0 Å². The van der Waals surface area contributed by atoms with Gasteiger partial charge in [-0.25, -0.2) is 9.78 Å². The molecule has 1 aliphatic heterocycles. The molecule has 1 aromatic rings. The van der Waals surface area contributed by atoms with Crippen molar-refractivity contribution in [2.45, 2.75) is 39.3 Å². The Labute approximate surface area is 152 Å². The molecule has 1 amide bonds. The number of amides is 1. The number of rotatable bonds is 4. The molecule has 2 N–H and O–H groups in total. The first-order valence-corrected chi connectivity index (χ1v) is 8.47. The van der Waals surface area contributed by atoms with E-state index in [2.05, 4.69) is 14.5 Å². The molecular weight excluding hydrogens is 344 g/mol. The Morgan fingerprint density at radius 2 is 1.92 bits per heavy atom. The average molecular weight is 369 g/mol. The van der Waals surface area contributed by atoms with Crippen molar-refractivity contribution in [3.63, 3.8) is 0 Å². The Hall–Kier alpha value is -1.91. The Morgan fingerprint density at radius 1 is 1.31 bits per heavy atom. The van der Waals surface area contributed by atoms with Crippen molar-refractivity contribution in [2.24, 2.45) is 0 Å². The standard InChI is InChI=1S/C16H25BFN3O5/c1-11(12-9-13(26-17(23)24)14(18)19-10-12)20-5-7-21(8-6-20)15(22)25-16(2,3)4/h9-11,23-24H,5-8H2,1-4H3. The second-order valence-electron chi connectivity index (χ2n) is 7.18. The number of aromatic nitrogens is 1. The van der Waals surface area contributed by atoms with Crippen LogP contribution in [0.15, 0.2) is 12.3 Å². The normalized spacial score (nSPS) is 17.0. The highest BCUT2D eigenvalue weighted by molar-refractivity contribution is 6.33. The van der Waals surface area contributed by atoms with Crippen LogP contribution in [-0.2, 0) is 4.74 Å². The largest absolute Gasteiger partial charge is 0.707 e. The maximum Gasteiger partial charge on any atom is 0.707 e. The fourth-order valence-electron chi connectivity index (χ4n) is 2.70. The van der Waals surface area contributed by atoms with Crippen LogP contribution in [-0.4, -0.2) is 70.0 Å². The Morgan fingerprint density at radius 3 is 2.46 bits per heavy atom. The molecule has 144 valence electrons. The van der Waals surface area contributed by atoms with Crippen molar-refractivity contribution >= 4 is 13.4 Å². The van der Waals surface area contributed by atoms with Crippen LogP contribution in [0, 0.1) is 5.95 Å². The molecule has 0 aromatic carbocycles. The summed E-state index contributed by atoms with van der Waals surface area (Å²) in [5.41, 5.74) is 0.141. The lowest BCUT2D eigenvalue weighted by molar-refractivity contribution is 0.0110. The van der Waals surface area contributed by atoms with Gasteiger partial charge in [0.15, 0.2) is 5.75 Å². The fourth-order valence-corrected chi connectivity index (χ4v) is 2.70. The van der Waals surface area contributed by atoms with Crippen LogP contribution in [0.2, 0.25) is 0 Å². The zero-order valence-electron chi connectivity index (χ0n) is 15.5. The molecule has 0 saturated carbocycles. The van der Waals surface area contributed by atoms with E-state index in [1.807, 2.05) is 27.7 Å². The van der Waals surface area contributed by atoms with Crippen LogP contribution in [0.1, 0.15) is 39.3 Å². The van der Waals surface area contributed by atoms with E-state index < -0.39 is 18.9 Å². The molecule has 1 aromatic heterocycles. The van der Waals surface area contributed by atoms with Gasteiger partial charge in [-0.2, -0.15) is 4.39 Å². The van der Waals surface area contributed by atoms with E-state index in [9.17, 15) is 9.18 Å². The molecule has 10 heteroatoms. The molecule has 0 aliphatic carbocycles. The number of hydrogen-bond acceptors (Lipinski definition) is 7. The summed E-state index contributed by atoms with van der Waals surface area (Å²) < 4.78 is 23.6. The van der Waals surface area contributed by atoms with Crippen LogP contribution in [0.5, 0.6) is 5.75 Å². The number of carbonyl (C=O) groups is 1. The molecule has 0 spiro atoms. The molecule has 1 unspecified atom stereocenters. The number of ether oxygens (including phenoxy) is 1. The lowest BCUT2D eigenvalue weighted by Gasteiger charge is -2.38. The molecule has 0 radical (unpaired) electrons. The van der Waals surface area contributed by atoms with Gasteiger partial charge in [0.2, 0.25) is 0 Å². The molecule has 1 atom stereocenters. The highest BCUT2D eigenvalue weighted by atomic mass is 19.1. The molecule has 0 bridgehead atoms. The van der Waals surface area contributed by atoms with Crippen LogP contribution in [0.3, 0.4) is 0 Å². The summed E-state index contributed by atoms with van der Waals surface area (Å²) in [5, 5.41) is 17.7. The van der Waals surface area contributed by atoms with Gasteiger partial charge >= 0.3 is 13.4 Å². The number of carbonyl (C=O) groups excluding carboxylic acids is 1. The predicted molar refractivity (Wildman–Crippen MR) is 92.8 cm³/mol. The number of hydrogen-bond donors (Lipinski definition) is 2. The van der Waals surface area contributed by atoms with Gasteiger partial charge in [-0.05, 0) is 39.3 Å². The molecule has 1 aliphatic rings. The first-order chi connectivity index (χ1) is 12.1. The van der Waals surface area contributed by atoms with Gasteiger partial charge in [0.05, 0.1) is 0 Å². The highest BCUT2D eigenvalue weighted by Gasteiger charge is 2.28. The quantitative estimate of drug-likeness (QED) is 0.608. The lowest BCUT2D eigenvalue weighted by Crippen LogP contribution is -2.50. The van der Waals surface area contributed by atoms with Crippen LogP contribution < -0.4 is 4.65 Å². The Bertz CT molecular complexity index is 633. The second kappa shape index (κ2) is 8.19. The summed E-state index contributed by atoms with van der Waals surface area (Å²) >= 11 is 0. The first kappa shape index (κ1) is 20.4. The van der Waals surface area contributed by atoms with Crippen LogP contribution in [0.4, 0.5) is 9.18 Å². The monoisotopic (exact) mass is 369 g/mol. The number of halogens is 1. The summed E-state index contributed by atoms with van der Waals surface area (Å²) in [5.74, 6) is -1.24. The van der Waals surface area contributed by atoms with E-state index in [4.69, 9.17) is 14.8 Å². The number of piperazine rings is 1. The zero-order chi connectivity index (χ0) is 19.5. The maximum absolute atomic E-state index is 13.6. The van der Waals surface area contributed by atoms with Crippen LogP contribution in [0.25, 0.3) is 0 Å². The van der Waals surface area contributed by atoms with E-state index >= 15 is 0 Å². The molecule has 8 nitrogen and oxygen atoms in total. The van der Waals surface area contributed by atoms with Crippen molar-refractivity contribution < 1.29 is 28.6 Å². The molecule has 1 fully saturated rings. The average Bonchev–Trinajstić information content (AvgIpc) is 2.54. The van der Waals surface area contributed by atoms with Crippen molar-refractivity contribution in [1.82, 2.24) is 14.8 Å². The number of pyridine rings is 1. The second-order valence-corrected chi connectivity index (χ2v) is 7.18. The summed E-state index contributed by atoms with van der Waals surface area (Å²) in [6, 6.07) is 1.29. The smallest absolute Gasteiger partial charge is 0.508 e. The van der Waals surface area contributed by atoms with Gasteiger partial charge < -0.3 is 24.3 Å². The van der Waals surface area contributed by atoms with Crippen molar-refractivity contribution in [1.29, 1.82) is 0 Å². The minimum absolute atomic E-state index is 0.109. The van der Waals surface area contributed by atoms with Gasteiger partial charge in [0.1, 0.15) is 5.60 Å². The van der Waals surface area contributed by atoms with E-state index in [0.29, 0.717) is 31.7 Å². The predicted octanol–water partition coefficient (Wildman–Crippen LogP) is 1.18. The van der Waals surface area contributed by atoms with Gasteiger partial charge in [0.25, 0.3) is 5.95 Å². The number of nitrogens with zero attached hydrogens (tertiary/aromatic N) is 3. The minimum atomic E-state index is -2.12. The van der Waals surface area contributed by atoms with E-state index in [1.54, 1.807) is 4.90 Å². The third kappa shape index (κ3) is 5.55. The fraction of sp³-hybridized carbons (Fsp3) is 0.625. The zero-order valence-corrected chi connectivity index (χ0v) is 15.5. The summed E-state index contributed by atoms with van der Waals surface area (Å²) in [7, 11) is -2.12. The maximum atomic E-state index is 13.6. The Kier molecular flexibility index (Phi) is 6.43. The molecule has 26 heavy (non-hydrogen) atoms. The van der Waals surface area contributed by atoms with Gasteiger partial charge in [-0.1, -0.05) is 0 Å². The molecule has 1 saturated heterocycles. The SMILES string of the molecule is CC(c1cnc(F)c(OB(O)O)c1)N1CCN(C(=O)OC(C)(C)C)CC1. The van der Waals surface area contributed by atoms with E-state index in [0.717, 1.165) is 0 Å². The van der Waals surface area contributed by atoms with Crippen molar-refractivity contribution in [3.8, 4) is 5.75 Å². The summed E-state index contributed by atoms with van der Waals surface area (Å²) in [6.07, 6.45) is 1.05. The van der Waals surface area contributed by atoms with E-state index in [1.165, 1.54) is 12.3 Å². The van der Waals surface area contributed by atoms with Gasteiger partial charge in [-0.15, -0.1) is 0 Å². The third-order valence-corrected chi connectivity index (χ3v) is 4.06. The summed E-state index contributed by atoms with van der Waals surface area (Å²) in [6.45, 7) is 9.69. The van der Waals surface area contributed by atoms with Gasteiger partial charge in [-0.3, -0.25) is 4.90 Å². The third-order valence-electron chi connectivity index (χ3n) is 4.06. The van der Waals surface area contributed by atoms with Crippen molar-refractivity contribution in [3.05, 3.63) is 23.8 Å². The Balaban J connectivity index is 1.98. The molecule has 2 rings (SSSR count). The minimum Gasteiger partial charge on any atom is -0.508 e. The van der Waals surface area contributed by atoms with Crippen molar-refractivity contribution in [2.75, 3.05) is 26.2 Å². The molecule has 2 heterocycles. The topological polar surface area (TPSA) is 95.4 Å². The van der Waals surface area contributed by atoms with E-state index in [-0.39, 0.29) is 17.9 Å². The highest BCUT2D eigenvalue weighted by Crippen LogP contribution is 2.26.